The number of fused-ring (bicyclic) bond motifs is 5. The molecule has 186 valence electrons. The minimum atomic E-state index is -0.363. The lowest BCUT2D eigenvalue weighted by Crippen LogP contribution is -2.62. The van der Waals surface area contributed by atoms with Gasteiger partial charge in [-0.05, 0) is 99.2 Å². The molecule has 33 heavy (non-hydrogen) atoms. The number of hydrogen-bond donors (Lipinski definition) is 1. The minimum absolute atomic E-state index is 0.000756. The van der Waals surface area contributed by atoms with Gasteiger partial charge in [0, 0.05) is 11.8 Å². The SMILES string of the molecule is C[C@H](C[C@H](O)[C@H]1OC1(C)C)C1=C2CC[C@H]3[C@@]4(C)CCC(=O)C(C)(C)C4CC[C@]3(C)[C@@]2(C)CC1. The van der Waals surface area contributed by atoms with Crippen LogP contribution in [0.15, 0.2) is 11.1 Å². The largest absolute Gasteiger partial charge is 0.390 e. The number of ketones is 1. The van der Waals surface area contributed by atoms with Gasteiger partial charge >= 0.3 is 0 Å². The average molecular weight is 457 g/mol. The standard InChI is InChI=1S/C30H48O3/c1-18(17-21(31)25-27(4,5)33-25)19-11-15-29(7)20(19)9-10-23-28(6)14-13-24(32)26(2,3)22(28)12-16-30(23,29)8/h18,21-23,25,31H,9-17H2,1-8H3/t18-,21+,22?,23+,25-,28+,29+,30+/m1/s1. The Morgan fingerprint density at radius 1 is 0.939 bits per heavy atom. The van der Waals surface area contributed by atoms with Gasteiger partial charge in [0.05, 0.1) is 11.7 Å². The molecule has 1 aliphatic heterocycles. The fraction of sp³-hybridized carbons (Fsp3) is 0.900. The second-order valence-corrected chi connectivity index (χ2v) is 14.4. The van der Waals surface area contributed by atoms with E-state index < -0.39 is 0 Å². The number of carbonyl (C=O) groups is 1. The van der Waals surface area contributed by atoms with Crippen molar-refractivity contribution in [2.24, 2.45) is 39.4 Å². The van der Waals surface area contributed by atoms with Gasteiger partial charge in [0.2, 0.25) is 0 Å². The first kappa shape index (κ1) is 24.0. The van der Waals surface area contributed by atoms with Crippen molar-refractivity contribution < 1.29 is 14.6 Å². The highest BCUT2D eigenvalue weighted by atomic mass is 16.6. The number of aliphatic hydroxyl groups excluding tert-OH is 1. The average Bonchev–Trinajstić information content (AvgIpc) is 3.20. The maximum atomic E-state index is 12.9. The van der Waals surface area contributed by atoms with Crippen molar-refractivity contribution in [3.8, 4) is 0 Å². The number of carbonyl (C=O) groups excluding carboxylic acids is 1. The van der Waals surface area contributed by atoms with Crippen molar-refractivity contribution in [1.29, 1.82) is 0 Å². The van der Waals surface area contributed by atoms with Gasteiger partial charge in [0.1, 0.15) is 11.9 Å². The highest BCUT2D eigenvalue weighted by molar-refractivity contribution is 5.85. The van der Waals surface area contributed by atoms with E-state index in [1.807, 2.05) is 0 Å². The molecule has 3 saturated carbocycles. The molecular formula is C30H48O3. The summed E-state index contributed by atoms with van der Waals surface area (Å²) >= 11 is 0. The Kier molecular flexibility index (Phi) is 5.24. The van der Waals surface area contributed by atoms with E-state index in [1.165, 1.54) is 38.5 Å². The number of epoxide rings is 1. The van der Waals surface area contributed by atoms with Crippen molar-refractivity contribution in [3.63, 3.8) is 0 Å². The van der Waals surface area contributed by atoms with Crippen molar-refractivity contribution in [3.05, 3.63) is 11.1 Å². The molecule has 3 heteroatoms. The monoisotopic (exact) mass is 456 g/mol. The Morgan fingerprint density at radius 2 is 1.61 bits per heavy atom. The summed E-state index contributed by atoms with van der Waals surface area (Å²) in [4.78, 5) is 12.9. The molecule has 0 aromatic rings. The van der Waals surface area contributed by atoms with Gasteiger partial charge in [0.25, 0.3) is 0 Å². The van der Waals surface area contributed by atoms with E-state index in [0.717, 1.165) is 19.3 Å². The molecule has 0 aromatic carbocycles. The zero-order chi connectivity index (χ0) is 24.2. The van der Waals surface area contributed by atoms with E-state index >= 15 is 0 Å². The third-order valence-corrected chi connectivity index (χ3v) is 12.3. The van der Waals surface area contributed by atoms with E-state index in [0.29, 0.717) is 29.0 Å². The van der Waals surface area contributed by atoms with Crippen LogP contribution >= 0.6 is 0 Å². The number of Topliss-reactive ketones (excluding diaryl/α,β-unsaturated/α-hetero) is 1. The van der Waals surface area contributed by atoms with Gasteiger partial charge in [-0.1, -0.05) is 52.7 Å². The van der Waals surface area contributed by atoms with Crippen LogP contribution in [0.25, 0.3) is 0 Å². The van der Waals surface area contributed by atoms with Crippen LogP contribution in [-0.4, -0.2) is 28.7 Å². The molecule has 5 rings (SSSR count). The predicted octanol–water partition coefficient (Wildman–Crippen LogP) is 6.87. The Labute approximate surface area is 202 Å². The van der Waals surface area contributed by atoms with Crippen LogP contribution in [0.1, 0.15) is 113 Å². The summed E-state index contributed by atoms with van der Waals surface area (Å²) in [5.74, 6) is 2.14. The Balaban J connectivity index is 1.43. The summed E-state index contributed by atoms with van der Waals surface area (Å²) < 4.78 is 5.74. The van der Waals surface area contributed by atoms with E-state index in [4.69, 9.17) is 4.74 Å². The third-order valence-electron chi connectivity index (χ3n) is 12.3. The van der Waals surface area contributed by atoms with Crippen molar-refractivity contribution in [2.75, 3.05) is 0 Å². The molecule has 1 saturated heterocycles. The third kappa shape index (κ3) is 3.16. The molecule has 3 nitrogen and oxygen atoms in total. The van der Waals surface area contributed by atoms with Crippen LogP contribution in [0.5, 0.6) is 0 Å². The minimum Gasteiger partial charge on any atom is -0.390 e. The first-order valence-electron chi connectivity index (χ1n) is 13.8. The number of aliphatic hydroxyl groups is 1. The second kappa shape index (κ2) is 7.19. The van der Waals surface area contributed by atoms with Gasteiger partial charge in [0.15, 0.2) is 0 Å². The molecule has 0 aromatic heterocycles. The van der Waals surface area contributed by atoms with Gasteiger partial charge in [-0.15, -0.1) is 0 Å². The molecule has 5 aliphatic rings. The topological polar surface area (TPSA) is 49.8 Å². The summed E-state index contributed by atoms with van der Waals surface area (Å²) in [7, 11) is 0. The predicted molar refractivity (Wildman–Crippen MR) is 133 cm³/mol. The van der Waals surface area contributed by atoms with Crippen molar-refractivity contribution in [2.45, 2.75) is 131 Å². The molecule has 0 spiro atoms. The lowest BCUT2D eigenvalue weighted by atomic mass is 9.36. The molecule has 0 amide bonds. The quantitative estimate of drug-likeness (QED) is 0.371. The summed E-state index contributed by atoms with van der Waals surface area (Å²) in [6.07, 6.45) is 9.71. The maximum Gasteiger partial charge on any atom is 0.138 e. The number of rotatable bonds is 4. The van der Waals surface area contributed by atoms with Gasteiger partial charge in [-0.3, -0.25) is 4.79 Å². The fourth-order valence-electron chi connectivity index (χ4n) is 10.1. The number of hydrogen-bond acceptors (Lipinski definition) is 3. The second-order valence-electron chi connectivity index (χ2n) is 14.4. The zero-order valence-electron chi connectivity index (χ0n) is 22.5. The maximum absolute atomic E-state index is 12.9. The highest BCUT2D eigenvalue weighted by Gasteiger charge is 2.66. The molecule has 4 fully saturated rings. The molecular weight excluding hydrogens is 408 g/mol. The summed E-state index contributed by atoms with van der Waals surface area (Å²) in [5.41, 5.74) is 3.92. The summed E-state index contributed by atoms with van der Waals surface area (Å²) in [6.45, 7) is 18.7. The first-order valence-corrected chi connectivity index (χ1v) is 13.8. The van der Waals surface area contributed by atoms with E-state index in [-0.39, 0.29) is 34.1 Å². The van der Waals surface area contributed by atoms with Crippen LogP contribution in [-0.2, 0) is 9.53 Å². The lowest BCUT2D eigenvalue weighted by Gasteiger charge is -2.68. The van der Waals surface area contributed by atoms with Gasteiger partial charge < -0.3 is 9.84 Å². The van der Waals surface area contributed by atoms with Crippen LogP contribution in [0.2, 0.25) is 0 Å². The molecule has 1 N–H and O–H groups in total. The molecule has 1 heterocycles. The molecule has 0 radical (unpaired) electrons. The normalized spacial score (nSPS) is 47.4. The molecule has 4 aliphatic carbocycles. The molecule has 1 unspecified atom stereocenters. The van der Waals surface area contributed by atoms with Crippen LogP contribution < -0.4 is 0 Å². The number of ether oxygens (including phenoxy) is 1. The Bertz CT molecular complexity index is 883. The molecule has 0 bridgehead atoms. The lowest BCUT2D eigenvalue weighted by molar-refractivity contribution is -0.180. The van der Waals surface area contributed by atoms with Crippen LogP contribution in [0.4, 0.5) is 0 Å². The summed E-state index contributed by atoms with van der Waals surface area (Å²) in [6, 6.07) is 0. The van der Waals surface area contributed by atoms with Crippen LogP contribution in [0, 0.1) is 39.4 Å². The van der Waals surface area contributed by atoms with E-state index in [2.05, 4.69) is 55.4 Å². The zero-order valence-corrected chi connectivity index (χ0v) is 22.5. The highest BCUT2D eigenvalue weighted by Crippen LogP contribution is 2.74. The van der Waals surface area contributed by atoms with Gasteiger partial charge in [-0.25, -0.2) is 0 Å². The van der Waals surface area contributed by atoms with Gasteiger partial charge in [-0.2, -0.15) is 0 Å². The smallest absolute Gasteiger partial charge is 0.138 e. The Hall–Kier alpha value is -0.670. The number of allylic oxidation sites excluding steroid dienone is 2. The first-order chi connectivity index (χ1) is 15.2. The van der Waals surface area contributed by atoms with Crippen LogP contribution in [0.3, 0.4) is 0 Å². The summed E-state index contributed by atoms with van der Waals surface area (Å²) in [5, 5.41) is 10.8. The Morgan fingerprint density at radius 3 is 2.24 bits per heavy atom. The van der Waals surface area contributed by atoms with E-state index in [9.17, 15) is 9.90 Å². The van der Waals surface area contributed by atoms with Crippen molar-refractivity contribution >= 4 is 5.78 Å². The molecule has 8 atom stereocenters. The van der Waals surface area contributed by atoms with E-state index in [1.54, 1.807) is 11.1 Å². The van der Waals surface area contributed by atoms with Crippen molar-refractivity contribution in [1.82, 2.24) is 0 Å². The fourth-order valence-corrected chi connectivity index (χ4v) is 10.1.